The maximum atomic E-state index is 13.0. The van der Waals surface area contributed by atoms with Gasteiger partial charge in [0.25, 0.3) is 0 Å². The highest BCUT2D eigenvalue weighted by Gasteiger charge is 2.31. The van der Waals surface area contributed by atoms with E-state index in [0.717, 1.165) is 10.5 Å². The normalized spacial score (nSPS) is 16.9. The Hall–Kier alpha value is -2.31. The van der Waals surface area contributed by atoms with E-state index in [1.165, 1.54) is 11.8 Å². The van der Waals surface area contributed by atoms with Crippen LogP contribution in [0.1, 0.15) is 23.7 Å². The minimum atomic E-state index is -0.862. The van der Waals surface area contributed by atoms with Gasteiger partial charge in [-0.25, -0.2) is 0 Å². The molecular weight excluding hydrogens is 374 g/mol. The average Bonchev–Trinajstić information content (AvgIpc) is 2.74. The van der Waals surface area contributed by atoms with Crippen molar-refractivity contribution in [3.05, 3.63) is 66.2 Å². The van der Waals surface area contributed by atoms with E-state index in [9.17, 15) is 14.7 Å². The standard InChI is InChI=1S/C22H25NO4S/c24-21(23-15-19(22(25)26)16-11-13-27-14-12-16)20(17-7-3-1-4-8-17)28-18-9-5-2-6-10-18/h1-10,16,19-20H,11-15H2,(H,23,24)(H,25,26). The molecule has 2 aromatic carbocycles. The van der Waals surface area contributed by atoms with Crippen molar-refractivity contribution in [1.29, 1.82) is 0 Å². The molecule has 2 atom stereocenters. The maximum absolute atomic E-state index is 13.0. The van der Waals surface area contributed by atoms with Gasteiger partial charge in [0, 0.05) is 24.7 Å². The van der Waals surface area contributed by atoms with Crippen LogP contribution in [0, 0.1) is 11.8 Å². The predicted octanol–water partition coefficient (Wildman–Crippen LogP) is 3.76. The van der Waals surface area contributed by atoms with Gasteiger partial charge in [-0.15, -0.1) is 11.8 Å². The summed E-state index contributed by atoms with van der Waals surface area (Å²) in [6, 6.07) is 19.3. The molecule has 0 radical (unpaired) electrons. The highest BCUT2D eigenvalue weighted by molar-refractivity contribution is 8.00. The molecule has 3 rings (SSSR count). The molecular formula is C22H25NO4S. The first kappa shape index (κ1) is 20.4. The second-order valence-electron chi connectivity index (χ2n) is 6.86. The largest absolute Gasteiger partial charge is 0.481 e. The number of nitrogens with one attached hydrogen (secondary N) is 1. The molecule has 6 heteroatoms. The van der Waals surface area contributed by atoms with Gasteiger partial charge < -0.3 is 15.2 Å². The molecule has 1 heterocycles. The third kappa shape index (κ3) is 5.59. The monoisotopic (exact) mass is 399 g/mol. The number of hydrogen-bond acceptors (Lipinski definition) is 4. The van der Waals surface area contributed by atoms with Crippen LogP contribution in [0.5, 0.6) is 0 Å². The van der Waals surface area contributed by atoms with Crippen molar-refractivity contribution in [3.8, 4) is 0 Å². The smallest absolute Gasteiger partial charge is 0.308 e. The summed E-state index contributed by atoms with van der Waals surface area (Å²) >= 11 is 1.47. The molecule has 1 amide bonds. The van der Waals surface area contributed by atoms with Crippen LogP contribution >= 0.6 is 11.8 Å². The molecule has 0 spiro atoms. The molecule has 148 valence electrons. The van der Waals surface area contributed by atoms with E-state index >= 15 is 0 Å². The lowest BCUT2D eigenvalue weighted by molar-refractivity contribution is -0.144. The molecule has 0 aliphatic carbocycles. The number of thioether (sulfide) groups is 1. The summed E-state index contributed by atoms with van der Waals surface area (Å²) in [5.74, 6) is -1.59. The van der Waals surface area contributed by atoms with E-state index in [4.69, 9.17) is 4.74 Å². The zero-order valence-electron chi connectivity index (χ0n) is 15.6. The zero-order chi connectivity index (χ0) is 19.8. The van der Waals surface area contributed by atoms with Gasteiger partial charge in [-0.2, -0.15) is 0 Å². The minimum Gasteiger partial charge on any atom is -0.481 e. The van der Waals surface area contributed by atoms with Crippen molar-refractivity contribution >= 4 is 23.6 Å². The molecule has 0 saturated carbocycles. The van der Waals surface area contributed by atoms with Gasteiger partial charge in [0.2, 0.25) is 5.91 Å². The fourth-order valence-corrected chi connectivity index (χ4v) is 4.48. The fourth-order valence-electron chi connectivity index (χ4n) is 3.41. The molecule has 0 aromatic heterocycles. The summed E-state index contributed by atoms with van der Waals surface area (Å²) in [6.07, 6.45) is 1.43. The van der Waals surface area contributed by atoms with Crippen LogP contribution in [0.4, 0.5) is 0 Å². The number of ether oxygens (including phenoxy) is 1. The Morgan fingerprint density at radius 3 is 2.25 bits per heavy atom. The first-order valence-corrected chi connectivity index (χ1v) is 10.4. The first-order valence-electron chi connectivity index (χ1n) is 9.50. The van der Waals surface area contributed by atoms with Crippen LogP contribution in [-0.4, -0.2) is 36.7 Å². The Balaban J connectivity index is 1.70. The van der Waals surface area contributed by atoms with Gasteiger partial charge in [0.15, 0.2) is 0 Å². The third-order valence-corrected chi connectivity index (χ3v) is 6.25. The lowest BCUT2D eigenvalue weighted by atomic mass is 9.86. The quantitative estimate of drug-likeness (QED) is 0.661. The number of benzene rings is 2. The zero-order valence-corrected chi connectivity index (χ0v) is 16.4. The van der Waals surface area contributed by atoms with Crippen molar-refractivity contribution in [3.63, 3.8) is 0 Å². The number of carboxylic acid groups (broad SMARTS) is 1. The van der Waals surface area contributed by atoms with Crippen molar-refractivity contribution in [2.45, 2.75) is 23.0 Å². The number of carbonyl (C=O) groups excluding carboxylic acids is 1. The number of hydrogen-bond donors (Lipinski definition) is 2. The van der Waals surface area contributed by atoms with Gasteiger partial charge in [0.05, 0.1) is 5.92 Å². The van der Waals surface area contributed by atoms with E-state index in [1.54, 1.807) is 0 Å². The lowest BCUT2D eigenvalue weighted by Crippen LogP contribution is -2.40. The molecule has 1 aliphatic heterocycles. The highest BCUT2D eigenvalue weighted by Crippen LogP contribution is 2.35. The van der Waals surface area contributed by atoms with Crippen LogP contribution in [0.3, 0.4) is 0 Å². The van der Waals surface area contributed by atoms with Crippen molar-refractivity contribution in [2.24, 2.45) is 11.8 Å². The van der Waals surface area contributed by atoms with E-state index < -0.39 is 17.1 Å². The molecule has 28 heavy (non-hydrogen) atoms. The van der Waals surface area contributed by atoms with Gasteiger partial charge in [-0.05, 0) is 36.5 Å². The topological polar surface area (TPSA) is 75.6 Å². The SMILES string of the molecule is O=C(NCC(C(=O)O)C1CCOCC1)C(Sc1ccccc1)c1ccccc1. The van der Waals surface area contributed by atoms with Gasteiger partial charge >= 0.3 is 5.97 Å². The van der Waals surface area contributed by atoms with Crippen LogP contribution in [-0.2, 0) is 14.3 Å². The van der Waals surface area contributed by atoms with Gasteiger partial charge in [-0.3, -0.25) is 9.59 Å². The highest BCUT2D eigenvalue weighted by atomic mass is 32.2. The Labute approximate surface area is 169 Å². The van der Waals surface area contributed by atoms with Crippen molar-refractivity contribution in [1.82, 2.24) is 5.32 Å². The number of amides is 1. The molecule has 1 saturated heterocycles. The Bertz CT molecular complexity index is 763. The van der Waals surface area contributed by atoms with E-state index in [2.05, 4.69) is 5.32 Å². The van der Waals surface area contributed by atoms with E-state index in [1.807, 2.05) is 60.7 Å². The third-order valence-electron chi connectivity index (χ3n) is 4.99. The van der Waals surface area contributed by atoms with Crippen molar-refractivity contribution < 1.29 is 19.4 Å². The molecule has 0 bridgehead atoms. The van der Waals surface area contributed by atoms with E-state index in [-0.39, 0.29) is 18.4 Å². The molecule has 1 aliphatic rings. The summed E-state index contributed by atoms with van der Waals surface area (Å²) in [6.45, 7) is 1.30. The molecule has 2 unspecified atom stereocenters. The molecule has 5 nitrogen and oxygen atoms in total. The lowest BCUT2D eigenvalue weighted by Gasteiger charge is -2.28. The van der Waals surface area contributed by atoms with Crippen LogP contribution in [0.2, 0.25) is 0 Å². The summed E-state index contributed by atoms with van der Waals surface area (Å²) in [5, 5.41) is 12.1. The van der Waals surface area contributed by atoms with Crippen LogP contribution < -0.4 is 5.32 Å². The number of carbonyl (C=O) groups is 2. The second-order valence-corrected chi connectivity index (χ2v) is 8.04. The number of aliphatic carboxylic acids is 1. The molecule has 1 fully saturated rings. The maximum Gasteiger partial charge on any atom is 0.308 e. The minimum absolute atomic E-state index is 0.0310. The summed E-state index contributed by atoms with van der Waals surface area (Å²) in [5.41, 5.74) is 0.895. The predicted molar refractivity (Wildman–Crippen MR) is 109 cm³/mol. The van der Waals surface area contributed by atoms with Crippen LogP contribution in [0.25, 0.3) is 0 Å². The van der Waals surface area contributed by atoms with Gasteiger partial charge in [0.1, 0.15) is 5.25 Å². The summed E-state index contributed by atoms with van der Waals surface area (Å²) in [7, 11) is 0. The number of rotatable bonds is 8. The second kappa shape index (κ2) is 10.3. The summed E-state index contributed by atoms with van der Waals surface area (Å²) in [4.78, 5) is 25.7. The average molecular weight is 400 g/mol. The number of carboxylic acids is 1. The first-order chi connectivity index (χ1) is 13.6. The van der Waals surface area contributed by atoms with Gasteiger partial charge in [-0.1, -0.05) is 48.5 Å². The molecule has 2 N–H and O–H groups in total. The Morgan fingerprint density at radius 1 is 1.04 bits per heavy atom. The fraction of sp³-hybridized carbons (Fsp3) is 0.364. The Kier molecular flexibility index (Phi) is 7.51. The molecule has 2 aromatic rings. The Morgan fingerprint density at radius 2 is 1.64 bits per heavy atom. The summed E-state index contributed by atoms with van der Waals surface area (Å²) < 4.78 is 5.33. The van der Waals surface area contributed by atoms with E-state index in [0.29, 0.717) is 26.1 Å². The van der Waals surface area contributed by atoms with Crippen molar-refractivity contribution in [2.75, 3.05) is 19.8 Å². The van der Waals surface area contributed by atoms with Crippen LogP contribution in [0.15, 0.2) is 65.6 Å².